The molecule has 0 spiro atoms. The molecule has 0 atom stereocenters. The van der Waals surface area contributed by atoms with Gasteiger partial charge in [0.2, 0.25) is 0 Å². The first kappa shape index (κ1) is 12.7. The van der Waals surface area contributed by atoms with E-state index in [-0.39, 0.29) is 5.69 Å². The standard InChI is InChI=1S/C13H12N4O2/c1-10(11-6-4-5-9-14-11)15-16-12-7-2-3-8-13(12)17(18)19/h2-9,16H,1H3/b15-10-. The highest BCUT2D eigenvalue weighted by molar-refractivity contribution is 5.97. The Hall–Kier alpha value is -2.76. The fourth-order valence-corrected chi connectivity index (χ4v) is 1.51. The van der Waals surface area contributed by atoms with Gasteiger partial charge in [-0.1, -0.05) is 18.2 Å². The zero-order valence-electron chi connectivity index (χ0n) is 10.3. The number of anilines is 1. The summed E-state index contributed by atoms with van der Waals surface area (Å²) in [5.41, 5.74) is 4.40. The molecule has 0 saturated carbocycles. The van der Waals surface area contributed by atoms with Gasteiger partial charge in [-0.3, -0.25) is 20.5 Å². The van der Waals surface area contributed by atoms with Crippen LogP contribution in [-0.2, 0) is 0 Å². The Bertz CT molecular complexity index is 611. The molecular weight excluding hydrogens is 244 g/mol. The predicted molar refractivity (Wildman–Crippen MR) is 73.2 cm³/mol. The van der Waals surface area contributed by atoms with Gasteiger partial charge in [-0.25, -0.2) is 0 Å². The van der Waals surface area contributed by atoms with E-state index in [0.29, 0.717) is 17.1 Å². The van der Waals surface area contributed by atoms with Crippen molar-refractivity contribution in [2.75, 3.05) is 5.43 Å². The summed E-state index contributed by atoms with van der Waals surface area (Å²) in [5.74, 6) is 0. The van der Waals surface area contributed by atoms with Crippen molar-refractivity contribution in [3.05, 3.63) is 64.5 Å². The molecule has 0 aliphatic carbocycles. The molecule has 1 aromatic heterocycles. The van der Waals surface area contributed by atoms with Crippen molar-refractivity contribution in [1.29, 1.82) is 0 Å². The number of hydrazone groups is 1. The Labute approximate surface area is 110 Å². The second-order valence-electron chi connectivity index (χ2n) is 3.80. The third kappa shape index (κ3) is 3.12. The first-order valence-electron chi connectivity index (χ1n) is 5.63. The summed E-state index contributed by atoms with van der Waals surface area (Å²) >= 11 is 0. The van der Waals surface area contributed by atoms with Crippen LogP contribution < -0.4 is 5.43 Å². The maximum atomic E-state index is 10.8. The number of hydrogen-bond acceptors (Lipinski definition) is 5. The molecule has 0 bridgehead atoms. The van der Waals surface area contributed by atoms with Gasteiger partial charge < -0.3 is 0 Å². The molecule has 0 fully saturated rings. The number of rotatable bonds is 4. The third-order valence-corrected chi connectivity index (χ3v) is 2.48. The molecule has 0 amide bonds. The summed E-state index contributed by atoms with van der Waals surface area (Å²) in [5, 5.41) is 14.9. The number of hydrogen-bond donors (Lipinski definition) is 1. The van der Waals surface area contributed by atoms with Crippen LogP contribution in [0.3, 0.4) is 0 Å². The van der Waals surface area contributed by atoms with E-state index in [9.17, 15) is 10.1 Å². The number of nitrogens with zero attached hydrogens (tertiary/aromatic N) is 3. The lowest BCUT2D eigenvalue weighted by atomic mass is 10.2. The van der Waals surface area contributed by atoms with E-state index in [0.717, 1.165) is 0 Å². The highest BCUT2D eigenvalue weighted by atomic mass is 16.6. The number of benzene rings is 1. The van der Waals surface area contributed by atoms with Gasteiger partial charge in [0.05, 0.1) is 16.3 Å². The summed E-state index contributed by atoms with van der Waals surface area (Å²) < 4.78 is 0. The quantitative estimate of drug-likeness (QED) is 0.518. The molecule has 0 unspecified atom stereocenters. The van der Waals surface area contributed by atoms with Crippen LogP contribution in [0.4, 0.5) is 11.4 Å². The maximum absolute atomic E-state index is 10.8. The largest absolute Gasteiger partial charge is 0.294 e. The van der Waals surface area contributed by atoms with Crippen LogP contribution in [-0.4, -0.2) is 15.6 Å². The van der Waals surface area contributed by atoms with Crippen LogP contribution in [0.1, 0.15) is 12.6 Å². The van der Waals surface area contributed by atoms with Gasteiger partial charge in [0.15, 0.2) is 0 Å². The van der Waals surface area contributed by atoms with Gasteiger partial charge in [0.1, 0.15) is 5.69 Å². The zero-order chi connectivity index (χ0) is 13.7. The lowest BCUT2D eigenvalue weighted by Crippen LogP contribution is -2.03. The van der Waals surface area contributed by atoms with E-state index in [2.05, 4.69) is 15.5 Å². The second-order valence-corrected chi connectivity index (χ2v) is 3.80. The molecule has 0 radical (unpaired) electrons. The average molecular weight is 256 g/mol. The Morgan fingerprint density at radius 2 is 2.00 bits per heavy atom. The SMILES string of the molecule is C/C(=N/Nc1ccccc1[N+](=O)[O-])c1ccccn1. The van der Waals surface area contributed by atoms with E-state index < -0.39 is 4.92 Å². The maximum Gasteiger partial charge on any atom is 0.294 e. The van der Waals surface area contributed by atoms with Crippen LogP contribution >= 0.6 is 0 Å². The van der Waals surface area contributed by atoms with Crippen LogP contribution in [0.15, 0.2) is 53.8 Å². The number of aromatic nitrogens is 1. The van der Waals surface area contributed by atoms with Crippen molar-refractivity contribution in [1.82, 2.24) is 4.98 Å². The summed E-state index contributed by atoms with van der Waals surface area (Å²) in [4.78, 5) is 14.5. The topological polar surface area (TPSA) is 80.4 Å². The van der Waals surface area contributed by atoms with E-state index in [4.69, 9.17) is 0 Å². The molecule has 6 nitrogen and oxygen atoms in total. The molecular formula is C13H12N4O2. The van der Waals surface area contributed by atoms with Gasteiger partial charge in [0, 0.05) is 12.3 Å². The van der Waals surface area contributed by atoms with Crippen molar-refractivity contribution in [3.63, 3.8) is 0 Å². The minimum absolute atomic E-state index is 0.0138. The fourth-order valence-electron chi connectivity index (χ4n) is 1.51. The van der Waals surface area contributed by atoms with Crippen LogP contribution in [0.2, 0.25) is 0 Å². The summed E-state index contributed by atoms with van der Waals surface area (Å²) in [6.07, 6.45) is 1.67. The van der Waals surface area contributed by atoms with Crippen LogP contribution in [0, 0.1) is 10.1 Å². The van der Waals surface area contributed by atoms with E-state index in [1.165, 1.54) is 6.07 Å². The molecule has 1 N–H and O–H groups in total. The van der Waals surface area contributed by atoms with Gasteiger partial charge in [0.25, 0.3) is 5.69 Å². The van der Waals surface area contributed by atoms with Gasteiger partial charge in [-0.15, -0.1) is 0 Å². The third-order valence-electron chi connectivity index (χ3n) is 2.48. The molecule has 0 saturated heterocycles. The lowest BCUT2D eigenvalue weighted by Gasteiger charge is -2.03. The van der Waals surface area contributed by atoms with E-state index in [1.807, 2.05) is 18.2 Å². The summed E-state index contributed by atoms with van der Waals surface area (Å²) in [6.45, 7) is 1.78. The van der Waals surface area contributed by atoms with Crippen LogP contribution in [0.25, 0.3) is 0 Å². The van der Waals surface area contributed by atoms with Gasteiger partial charge in [-0.05, 0) is 25.1 Å². The van der Waals surface area contributed by atoms with Crippen molar-refractivity contribution in [3.8, 4) is 0 Å². The number of para-hydroxylation sites is 2. The highest BCUT2D eigenvalue weighted by Crippen LogP contribution is 2.23. The van der Waals surface area contributed by atoms with Gasteiger partial charge in [-0.2, -0.15) is 5.10 Å². The Balaban J connectivity index is 2.21. The first-order chi connectivity index (χ1) is 9.18. The summed E-state index contributed by atoms with van der Waals surface area (Å²) in [6, 6.07) is 11.8. The summed E-state index contributed by atoms with van der Waals surface area (Å²) in [7, 11) is 0. The Morgan fingerprint density at radius 3 is 2.68 bits per heavy atom. The Kier molecular flexibility index (Phi) is 3.82. The van der Waals surface area contributed by atoms with Gasteiger partial charge >= 0.3 is 0 Å². The van der Waals surface area contributed by atoms with Crippen molar-refractivity contribution >= 4 is 17.1 Å². The fraction of sp³-hybridized carbons (Fsp3) is 0.0769. The van der Waals surface area contributed by atoms with Crippen LogP contribution in [0.5, 0.6) is 0 Å². The average Bonchev–Trinajstić information content (AvgIpc) is 2.46. The number of pyridine rings is 1. The van der Waals surface area contributed by atoms with E-state index >= 15 is 0 Å². The van der Waals surface area contributed by atoms with Crippen molar-refractivity contribution in [2.24, 2.45) is 5.10 Å². The second kappa shape index (κ2) is 5.72. The Morgan fingerprint density at radius 1 is 1.26 bits per heavy atom. The van der Waals surface area contributed by atoms with E-state index in [1.54, 1.807) is 31.3 Å². The molecule has 0 aliphatic rings. The minimum Gasteiger partial charge on any atom is -0.271 e. The predicted octanol–water partition coefficient (Wildman–Crippen LogP) is 2.83. The molecule has 6 heteroatoms. The number of nitrogens with one attached hydrogen (secondary N) is 1. The number of nitro groups is 1. The monoisotopic (exact) mass is 256 g/mol. The minimum atomic E-state index is -0.450. The zero-order valence-corrected chi connectivity index (χ0v) is 10.3. The molecule has 0 aliphatic heterocycles. The number of nitro benzene ring substituents is 1. The molecule has 1 heterocycles. The molecule has 96 valence electrons. The molecule has 2 rings (SSSR count). The van der Waals surface area contributed by atoms with Crippen molar-refractivity contribution in [2.45, 2.75) is 6.92 Å². The lowest BCUT2D eigenvalue weighted by molar-refractivity contribution is -0.384. The highest BCUT2D eigenvalue weighted by Gasteiger charge is 2.11. The molecule has 1 aromatic carbocycles. The molecule has 2 aromatic rings. The van der Waals surface area contributed by atoms with Crippen molar-refractivity contribution < 1.29 is 4.92 Å². The molecule has 19 heavy (non-hydrogen) atoms. The smallest absolute Gasteiger partial charge is 0.271 e. The first-order valence-corrected chi connectivity index (χ1v) is 5.63. The normalized spacial score (nSPS) is 11.1.